The highest BCUT2D eigenvalue weighted by Crippen LogP contribution is 2.70. The number of fused-ring (bicyclic) bond motifs is 3. The monoisotopic (exact) mass is 671 g/mol. The van der Waals surface area contributed by atoms with Gasteiger partial charge in [0.05, 0.1) is 17.1 Å². The van der Waals surface area contributed by atoms with E-state index in [0.717, 1.165) is 11.8 Å². The lowest BCUT2D eigenvalue weighted by Gasteiger charge is -2.63. The van der Waals surface area contributed by atoms with Crippen LogP contribution in [0.3, 0.4) is 0 Å². The standard InChI is InChI=1S/C48H49NS/c1-46(2)24-25-47(3,4)44-38(46)18-12-20-40(44)49(39-19-10-8-16-36(39)33-14-6-5-7-15-33)41-21-13-23-43-45(41)48(37-17-9-11-22-42(37)50-43)34-27-31-26-32(29-34)30-35(48)28-31/h5-23,31-32,34-35H,24-30H2,1-4H3. The van der Waals surface area contributed by atoms with Crippen molar-refractivity contribution >= 4 is 28.8 Å². The molecule has 4 bridgehead atoms. The Kier molecular flexibility index (Phi) is 6.90. The lowest BCUT2D eigenvalue weighted by atomic mass is 9.42. The Morgan fingerprint density at radius 3 is 1.82 bits per heavy atom. The van der Waals surface area contributed by atoms with Gasteiger partial charge in [0.1, 0.15) is 0 Å². The Hall–Kier alpha value is -3.75. The highest BCUT2D eigenvalue weighted by atomic mass is 32.2. The fourth-order valence-corrected chi connectivity index (χ4v) is 13.2. The highest BCUT2D eigenvalue weighted by Gasteiger charge is 2.61. The van der Waals surface area contributed by atoms with E-state index < -0.39 is 0 Å². The minimum Gasteiger partial charge on any atom is -0.309 e. The Balaban J connectivity index is 1.31. The molecule has 11 rings (SSSR count). The summed E-state index contributed by atoms with van der Waals surface area (Å²) < 4.78 is 0. The van der Waals surface area contributed by atoms with Crippen LogP contribution in [0.5, 0.6) is 0 Å². The third-order valence-corrected chi connectivity index (χ3v) is 15.1. The summed E-state index contributed by atoms with van der Waals surface area (Å²) in [6.07, 6.45) is 9.37. The minimum atomic E-state index is 0.0325. The van der Waals surface area contributed by atoms with Gasteiger partial charge in [0.15, 0.2) is 0 Å². The van der Waals surface area contributed by atoms with E-state index in [-0.39, 0.29) is 16.2 Å². The lowest BCUT2D eigenvalue weighted by Crippen LogP contribution is -2.57. The van der Waals surface area contributed by atoms with Crippen molar-refractivity contribution < 1.29 is 0 Å². The van der Waals surface area contributed by atoms with Crippen LogP contribution in [0.2, 0.25) is 0 Å². The SMILES string of the molecule is CC1(C)CCC(C)(C)c2c(N(c3ccccc3-c3ccccc3)c3cccc4c3C3(c5ccccc5S4)C4CC5CC(C4)CC3C5)cccc21. The van der Waals surface area contributed by atoms with E-state index in [1.165, 1.54) is 94.1 Å². The first kappa shape index (κ1) is 31.0. The molecule has 1 aliphatic heterocycles. The third-order valence-electron chi connectivity index (χ3n) is 13.9. The first-order valence-electron chi connectivity index (χ1n) is 19.2. The quantitative estimate of drug-likeness (QED) is 0.187. The van der Waals surface area contributed by atoms with Crippen molar-refractivity contribution in [2.24, 2.45) is 23.7 Å². The Bertz CT molecular complexity index is 2090. The van der Waals surface area contributed by atoms with Gasteiger partial charge >= 0.3 is 0 Å². The summed E-state index contributed by atoms with van der Waals surface area (Å²) >= 11 is 2.02. The maximum absolute atomic E-state index is 2.75. The van der Waals surface area contributed by atoms with Crippen molar-refractivity contribution in [3.63, 3.8) is 0 Å². The number of para-hydroxylation sites is 1. The van der Waals surface area contributed by atoms with Crippen LogP contribution in [0, 0.1) is 23.7 Å². The van der Waals surface area contributed by atoms with E-state index in [1.54, 1.807) is 11.1 Å². The number of rotatable bonds is 4. The molecule has 4 saturated carbocycles. The topological polar surface area (TPSA) is 3.24 Å². The van der Waals surface area contributed by atoms with Crippen LogP contribution in [0.25, 0.3) is 11.1 Å². The molecule has 0 radical (unpaired) electrons. The number of nitrogens with zero attached hydrogens (tertiary/aromatic N) is 1. The molecule has 4 fully saturated rings. The van der Waals surface area contributed by atoms with Gasteiger partial charge in [0.2, 0.25) is 0 Å². The van der Waals surface area contributed by atoms with Crippen LogP contribution >= 0.6 is 11.8 Å². The summed E-state index contributed by atoms with van der Waals surface area (Å²) in [5.74, 6) is 3.18. The largest absolute Gasteiger partial charge is 0.309 e. The second-order valence-electron chi connectivity index (χ2n) is 17.6. The second kappa shape index (κ2) is 11.1. The first-order valence-corrected chi connectivity index (χ1v) is 20.1. The number of anilines is 3. The zero-order chi connectivity index (χ0) is 33.8. The van der Waals surface area contributed by atoms with Gasteiger partial charge in [0.25, 0.3) is 0 Å². The maximum Gasteiger partial charge on any atom is 0.0540 e. The van der Waals surface area contributed by atoms with Crippen LogP contribution in [-0.2, 0) is 16.2 Å². The van der Waals surface area contributed by atoms with Gasteiger partial charge in [-0.2, -0.15) is 0 Å². The van der Waals surface area contributed by atoms with Crippen molar-refractivity contribution in [2.45, 2.75) is 98.7 Å². The molecule has 0 N–H and O–H groups in total. The van der Waals surface area contributed by atoms with Crippen molar-refractivity contribution in [1.82, 2.24) is 0 Å². The van der Waals surface area contributed by atoms with Crippen molar-refractivity contribution in [1.29, 1.82) is 0 Å². The molecule has 0 atom stereocenters. The van der Waals surface area contributed by atoms with E-state index in [2.05, 4.69) is 148 Å². The molecule has 5 aromatic carbocycles. The van der Waals surface area contributed by atoms with Gasteiger partial charge in [-0.15, -0.1) is 0 Å². The number of hydrogen-bond donors (Lipinski definition) is 0. The molecule has 0 saturated heterocycles. The zero-order valence-electron chi connectivity index (χ0n) is 30.1. The van der Waals surface area contributed by atoms with Crippen LogP contribution in [0.4, 0.5) is 17.1 Å². The molecule has 1 spiro atoms. The van der Waals surface area contributed by atoms with Gasteiger partial charge in [-0.05, 0) is 132 Å². The lowest BCUT2D eigenvalue weighted by molar-refractivity contribution is -0.0441. The smallest absolute Gasteiger partial charge is 0.0540 e. The number of benzene rings is 5. The third kappa shape index (κ3) is 4.39. The summed E-state index contributed by atoms with van der Waals surface area (Å²) in [5.41, 5.74) is 13.1. The van der Waals surface area contributed by atoms with E-state index >= 15 is 0 Å². The van der Waals surface area contributed by atoms with Gasteiger partial charge in [-0.3, -0.25) is 0 Å². The van der Waals surface area contributed by atoms with E-state index in [4.69, 9.17) is 0 Å². The average Bonchev–Trinajstić information content (AvgIpc) is 3.12. The van der Waals surface area contributed by atoms with Crippen molar-refractivity contribution in [2.75, 3.05) is 4.90 Å². The Morgan fingerprint density at radius 2 is 1.06 bits per heavy atom. The second-order valence-corrected chi connectivity index (χ2v) is 18.7. The van der Waals surface area contributed by atoms with Gasteiger partial charge in [-0.1, -0.05) is 124 Å². The summed E-state index contributed by atoms with van der Waals surface area (Å²) in [5, 5.41) is 0. The Labute approximate surface area is 303 Å². The van der Waals surface area contributed by atoms with Crippen LogP contribution in [0.15, 0.2) is 125 Å². The van der Waals surface area contributed by atoms with E-state index in [9.17, 15) is 0 Å². The van der Waals surface area contributed by atoms with Crippen LogP contribution < -0.4 is 4.90 Å². The molecular formula is C48H49NS. The summed E-state index contributed by atoms with van der Waals surface area (Å²) in [6, 6.07) is 44.5. The van der Waals surface area contributed by atoms with Gasteiger partial charge in [0, 0.05) is 26.3 Å². The van der Waals surface area contributed by atoms with E-state index in [0.29, 0.717) is 11.8 Å². The minimum absolute atomic E-state index is 0.0325. The summed E-state index contributed by atoms with van der Waals surface area (Å²) in [4.78, 5) is 5.71. The molecule has 1 nitrogen and oxygen atoms in total. The van der Waals surface area contributed by atoms with Crippen molar-refractivity contribution in [3.8, 4) is 11.1 Å². The molecule has 1 heterocycles. The molecule has 6 aliphatic rings. The van der Waals surface area contributed by atoms with Crippen molar-refractivity contribution in [3.05, 3.63) is 138 Å². The fraction of sp³-hybridized carbons (Fsp3) is 0.375. The highest BCUT2D eigenvalue weighted by molar-refractivity contribution is 7.99. The molecule has 5 aliphatic carbocycles. The zero-order valence-corrected chi connectivity index (χ0v) is 30.9. The van der Waals surface area contributed by atoms with Crippen LogP contribution in [0.1, 0.15) is 94.9 Å². The molecule has 2 heteroatoms. The molecule has 5 aromatic rings. The summed E-state index contributed by atoms with van der Waals surface area (Å²) in [7, 11) is 0. The molecule has 50 heavy (non-hydrogen) atoms. The molecule has 252 valence electrons. The van der Waals surface area contributed by atoms with Gasteiger partial charge in [-0.25, -0.2) is 0 Å². The fourth-order valence-electron chi connectivity index (χ4n) is 11.9. The first-order chi connectivity index (χ1) is 24.3. The summed E-state index contributed by atoms with van der Waals surface area (Å²) in [6.45, 7) is 9.93. The van der Waals surface area contributed by atoms with E-state index in [1.807, 2.05) is 11.8 Å². The maximum atomic E-state index is 2.75. The Morgan fingerprint density at radius 1 is 0.500 bits per heavy atom. The predicted octanol–water partition coefficient (Wildman–Crippen LogP) is 13.4. The van der Waals surface area contributed by atoms with Crippen LogP contribution in [-0.4, -0.2) is 0 Å². The average molecular weight is 672 g/mol. The molecule has 0 unspecified atom stereocenters. The molecule has 0 amide bonds. The number of hydrogen-bond acceptors (Lipinski definition) is 2. The molecular weight excluding hydrogens is 623 g/mol. The predicted molar refractivity (Wildman–Crippen MR) is 210 cm³/mol. The van der Waals surface area contributed by atoms with Gasteiger partial charge < -0.3 is 4.90 Å². The normalized spacial score (nSPS) is 27.8. The molecule has 0 aromatic heterocycles.